The molecule has 0 unspecified atom stereocenters. The third-order valence-corrected chi connectivity index (χ3v) is 5.19. The van der Waals surface area contributed by atoms with Gasteiger partial charge >= 0.3 is 0 Å². The van der Waals surface area contributed by atoms with E-state index in [9.17, 15) is 13.5 Å². The predicted octanol–water partition coefficient (Wildman–Crippen LogP) is 2.95. The van der Waals surface area contributed by atoms with E-state index in [-0.39, 0.29) is 18.6 Å². The van der Waals surface area contributed by atoms with Gasteiger partial charge in [-0.05, 0) is 28.2 Å². The molecule has 0 heterocycles. The van der Waals surface area contributed by atoms with Gasteiger partial charge in [0.15, 0.2) is 0 Å². The van der Waals surface area contributed by atoms with Crippen LogP contribution >= 0.6 is 0 Å². The van der Waals surface area contributed by atoms with Gasteiger partial charge in [-0.15, -0.1) is 0 Å². The van der Waals surface area contributed by atoms with Crippen molar-refractivity contribution in [3.05, 3.63) is 65.2 Å². The van der Waals surface area contributed by atoms with Crippen LogP contribution in [0.2, 0.25) is 0 Å². The highest BCUT2D eigenvalue weighted by atomic mass is 32.2. The van der Waals surface area contributed by atoms with Crippen LogP contribution in [0.15, 0.2) is 53.4 Å². The summed E-state index contributed by atoms with van der Waals surface area (Å²) in [5.74, 6) is 0. The molecule has 0 spiro atoms. The first kappa shape index (κ1) is 17.7. The molecular formula is C18H23NO3S. The van der Waals surface area contributed by atoms with Crippen LogP contribution in [0.4, 0.5) is 0 Å². The van der Waals surface area contributed by atoms with Gasteiger partial charge in [0.05, 0.1) is 11.5 Å². The second-order valence-corrected chi connectivity index (χ2v) is 8.23. The molecule has 0 aliphatic heterocycles. The zero-order chi connectivity index (χ0) is 17.1. The summed E-state index contributed by atoms with van der Waals surface area (Å²) in [5.41, 5.74) is 2.00. The van der Waals surface area contributed by atoms with Gasteiger partial charge in [-0.25, -0.2) is 13.1 Å². The van der Waals surface area contributed by atoms with Crippen molar-refractivity contribution in [1.82, 2.24) is 4.72 Å². The minimum atomic E-state index is -3.63. The number of sulfonamides is 1. The van der Waals surface area contributed by atoms with Crippen molar-refractivity contribution in [2.45, 2.75) is 44.2 Å². The second kappa shape index (κ2) is 6.83. The van der Waals surface area contributed by atoms with Crippen molar-refractivity contribution in [3.8, 4) is 0 Å². The summed E-state index contributed by atoms with van der Waals surface area (Å²) in [6.07, 6.45) is 0. The summed E-state index contributed by atoms with van der Waals surface area (Å²) in [6, 6.07) is 14.3. The summed E-state index contributed by atoms with van der Waals surface area (Å²) in [7, 11) is -3.63. The maximum Gasteiger partial charge on any atom is 0.241 e. The highest BCUT2D eigenvalue weighted by Crippen LogP contribution is 2.28. The average molecular weight is 333 g/mol. The average Bonchev–Trinajstić information content (AvgIpc) is 2.52. The van der Waals surface area contributed by atoms with Gasteiger partial charge in [0.2, 0.25) is 10.0 Å². The summed E-state index contributed by atoms with van der Waals surface area (Å²) >= 11 is 0. The third kappa shape index (κ3) is 4.19. The van der Waals surface area contributed by atoms with Gasteiger partial charge in [0, 0.05) is 6.54 Å². The SMILES string of the molecule is CC(C)(C)c1ccccc1S(=O)(=O)NCc1ccccc1CO. The third-order valence-electron chi connectivity index (χ3n) is 3.73. The van der Waals surface area contributed by atoms with E-state index in [2.05, 4.69) is 4.72 Å². The number of hydrogen-bond donors (Lipinski definition) is 2. The molecule has 0 saturated carbocycles. The molecule has 0 bridgehead atoms. The number of rotatable bonds is 5. The maximum absolute atomic E-state index is 12.7. The molecule has 0 aromatic heterocycles. The topological polar surface area (TPSA) is 66.4 Å². The van der Waals surface area contributed by atoms with E-state index in [1.807, 2.05) is 51.1 Å². The van der Waals surface area contributed by atoms with E-state index in [0.29, 0.717) is 4.90 Å². The molecule has 0 aliphatic carbocycles. The fourth-order valence-corrected chi connectivity index (χ4v) is 3.88. The summed E-state index contributed by atoms with van der Waals surface area (Å²) in [6.45, 7) is 6.00. The Morgan fingerprint density at radius 2 is 1.52 bits per heavy atom. The fourth-order valence-electron chi connectivity index (χ4n) is 2.46. The van der Waals surface area contributed by atoms with Gasteiger partial charge in [-0.3, -0.25) is 0 Å². The van der Waals surface area contributed by atoms with E-state index in [4.69, 9.17) is 0 Å². The number of aliphatic hydroxyl groups is 1. The largest absolute Gasteiger partial charge is 0.392 e. The van der Waals surface area contributed by atoms with E-state index in [0.717, 1.165) is 16.7 Å². The van der Waals surface area contributed by atoms with Crippen LogP contribution in [0.3, 0.4) is 0 Å². The molecule has 0 atom stereocenters. The van der Waals surface area contributed by atoms with Gasteiger partial charge in [0.25, 0.3) is 0 Å². The van der Waals surface area contributed by atoms with Crippen molar-refractivity contribution >= 4 is 10.0 Å². The Bertz CT molecular complexity index is 777. The second-order valence-electron chi connectivity index (χ2n) is 6.50. The standard InChI is InChI=1S/C18H23NO3S/c1-18(2,3)16-10-6-7-11-17(16)23(21,22)19-12-14-8-4-5-9-15(14)13-20/h4-11,19-20H,12-13H2,1-3H3. The van der Waals surface area contributed by atoms with Gasteiger partial charge in [0.1, 0.15) is 0 Å². The predicted molar refractivity (Wildman–Crippen MR) is 91.5 cm³/mol. The zero-order valence-corrected chi connectivity index (χ0v) is 14.5. The van der Waals surface area contributed by atoms with Crippen LogP contribution in [0.25, 0.3) is 0 Å². The highest BCUT2D eigenvalue weighted by Gasteiger charge is 2.25. The lowest BCUT2D eigenvalue weighted by molar-refractivity contribution is 0.280. The lowest BCUT2D eigenvalue weighted by Crippen LogP contribution is -2.27. The first-order chi connectivity index (χ1) is 10.8. The van der Waals surface area contributed by atoms with Crippen LogP contribution in [0, 0.1) is 0 Å². The number of aliphatic hydroxyl groups excluding tert-OH is 1. The Kier molecular flexibility index (Phi) is 5.24. The molecule has 4 nitrogen and oxygen atoms in total. The molecule has 2 rings (SSSR count). The molecule has 23 heavy (non-hydrogen) atoms. The molecule has 0 aliphatic rings. The summed E-state index contributed by atoms with van der Waals surface area (Å²) in [5, 5.41) is 9.34. The molecule has 0 radical (unpaired) electrons. The zero-order valence-electron chi connectivity index (χ0n) is 13.7. The smallest absolute Gasteiger partial charge is 0.241 e. The maximum atomic E-state index is 12.7. The minimum Gasteiger partial charge on any atom is -0.392 e. The van der Waals surface area contributed by atoms with E-state index >= 15 is 0 Å². The quantitative estimate of drug-likeness (QED) is 0.884. The molecule has 2 aromatic rings. The molecule has 0 fully saturated rings. The number of benzene rings is 2. The molecule has 2 aromatic carbocycles. The summed E-state index contributed by atoms with van der Waals surface area (Å²) in [4.78, 5) is 0.300. The van der Waals surface area contributed by atoms with Crippen molar-refractivity contribution in [3.63, 3.8) is 0 Å². The van der Waals surface area contributed by atoms with E-state index < -0.39 is 10.0 Å². The first-order valence-electron chi connectivity index (χ1n) is 7.52. The van der Waals surface area contributed by atoms with E-state index in [1.165, 1.54) is 0 Å². The normalized spacial score (nSPS) is 12.3. The molecule has 124 valence electrons. The molecule has 2 N–H and O–H groups in total. The fraction of sp³-hybridized carbons (Fsp3) is 0.333. The molecule has 5 heteroatoms. The van der Waals surface area contributed by atoms with Crippen molar-refractivity contribution in [1.29, 1.82) is 0 Å². The van der Waals surface area contributed by atoms with Crippen LogP contribution in [-0.2, 0) is 28.6 Å². The highest BCUT2D eigenvalue weighted by molar-refractivity contribution is 7.89. The first-order valence-corrected chi connectivity index (χ1v) is 9.01. The van der Waals surface area contributed by atoms with Crippen molar-refractivity contribution in [2.75, 3.05) is 0 Å². The lowest BCUT2D eigenvalue weighted by Gasteiger charge is -2.22. The van der Waals surface area contributed by atoms with Gasteiger partial charge < -0.3 is 5.11 Å². The number of nitrogens with one attached hydrogen (secondary N) is 1. The Hall–Kier alpha value is -1.69. The molecular weight excluding hydrogens is 310 g/mol. The van der Waals surface area contributed by atoms with E-state index in [1.54, 1.807) is 18.2 Å². The minimum absolute atomic E-state index is 0.115. The number of hydrogen-bond acceptors (Lipinski definition) is 3. The monoisotopic (exact) mass is 333 g/mol. The van der Waals surface area contributed by atoms with Crippen LogP contribution < -0.4 is 4.72 Å². The van der Waals surface area contributed by atoms with Crippen molar-refractivity contribution < 1.29 is 13.5 Å². The van der Waals surface area contributed by atoms with Crippen molar-refractivity contribution in [2.24, 2.45) is 0 Å². The lowest BCUT2D eigenvalue weighted by atomic mass is 9.87. The Morgan fingerprint density at radius 3 is 2.13 bits per heavy atom. The Labute approximate surface area is 138 Å². The Balaban J connectivity index is 2.30. The molecule has 0 saturated heterocycles. The van der Waals surface area contributed by atoms with Gasteiger partial charge in [-0.2, -0.15) is 0 Å². The van der Waals surface area contributed by atoms with Crippen LogP contribution in [0.5, 0.6) is 0 Å². The van der Waals surface area contributed by atoms with Gasteiger partial charge in [-0.1, -0.05) is 63.2 Å². The van der Waals surface area contributed by atoms with Crippen LogP contribution in [0.1, 0.15) is 37.5 Å². The molecule has 0 amide bonds. The Morgan fingerprint density at radius 1 is 0.957 bits per heavy atom. The van der Waals surface area contributed by atoms with Crippen LogP contribution in [-0.4, -0.2) is 13.5 Å². The summed E-state index contributed by atoms with van der Waals surface area (Å²) < 4.78 is 28.0.